The number of aromatic nitrogens is 3. The van der Waals surface area contributed by atoms with Crippen LogP contribution in [0.25, 0.3) is 27.8 Å². The monoisotopic (exact) mass is 553 g/mol. The van der Waals surface area contributed by atoms with Gasteiger partial charge in [0.1, 0.15) is 28.1 Å². The minimum atomic E-state index is -0.715. The number of nitrogens with zero attached hydrogens (tertiary/aromatic N) is 3. The summed E-state index contributed by atoms with van der Waals surface area (Å²) in [5.74, 6) is -0.134. The summed E-state index contributed by atoms with van der Waals surface area (Å²) in [6, 6.07) is 9.73. The van der Waals surface area contributed by atoms with Crippen molar-refractivity contribution in [1.82, 2.24) is 14.2 Å². The quantitative estimate of drug-likeness (QED) is 0.277. The van der Waals surface area contributed by atoms with Gasteiger partial charge in [-0.1, -0.05) is 22.0 Å². The minimum absolute atomic E-state index is 0.258. The lowest BCUT2D eigenvalue weighted by Gasteiger charge is -2.20. The molecule has 0 atom stereocenters. The average molecular weight is 554 g/mol. The highest BCUT2D eigenvalue weighted by Gasteiger charge is 2.32. The van der Waals surface area contributed by atoms with Gasteiger partial charge in [-0.2, -0.15) is 5.10 Å². The predicted octanol–water partition coefficient (Wildman–Crippen LogP) is 5.88. The van der Waals surface area contributed by atoms with E-state index in [0.29, 0.717) is 22.9 Å². The van der Waals surface area contributed by atoms with Gasteiger partial charge in [-0.25, -0.2) is 14.1 Å². The fourth-order valence-electron chi connectivity index (χ4n) is 4.41. The molecule has 4 aromatic rings. The van der Waals surface area contributed by atoms with Crippen molar-refractivity contribution in [3.05, 3.63) is 52.1 Å². The normalized spacial score (nSPS) is 13.8. The number of pyridine rings is 1. The van der Waals surface area contributed by atoms with Gasteiger partial charge in [0.05, 0.1) is 25.5 Å². The van der Waals surface area contributed by atoms with Crippen LogP contribution in [0.2, 0.25) is 0 Å². The molecule has 1 saturated carbocycles. The maximum absolute atomic E-state index is 13.6. The molecule has 0 saturated heterocycles. The standard InChI is InChI=1S/C27H28BrN3O5/c1-27(2,3)36-26(33)22-23(29-31-14-17(25(32)35-5)11-21(34-4)24(22)31)20-10-16-8-9-18(28)12-19(16)30(20)13-15-6-7-15/h8-12,14-15H,6-7,13H2,1-5H3. The molecule has 0 unspecified atom stereocenters. The van der Waals surface area contributed by atoms with E-state index in [-0.39, 0.29) is 11.1 Å². The Labute approximate surface area is 217 Å². The largest absolute Gasteiger partial charge is 0.494 e. The van der Waals surface area contributed by atoms with Gasteiger partial charge in [-0.05, 0) is 63.8 Å². The van der Waals surface area contributed by atoms with Crippen molar-refractivity contribution in [2.24, 2.45) is 5.92 Å². The topological polar surface area (TPSA) is 84.1 Å². The van der Waals surface area contributed by atoms with E-state index in [1.165, 1.54) is 31.6 Å². The Hall–Kier alpha value is -3.33. The molecule has 1 aliphatic carbocycles. The van der Waals surface area contributed by atoms with E-state index in [1.807, 2.05) is 39.0 Å². The van der Waals surface area contributed by atoms with Crippen molar-refractivity contribution in [3.63, 3.8) is 0 Å². The number of methoxy groups -OCH3 is 2. The highest BCUT2D eigenvalue weighted by molar-refractivity contribution is 9.10. The highest BCUT2D eigenvalue weighted by atomic mass is 79.9. The van der Waals surface area contributed by atoms with Gasteiger partial charge in [-0.3, -0.25) is 0 Å². The lowest BCUT2D eigenvalue weighted by atomic mass is 10.1. The predicted molar refractivity (Wildman–Crippen MR) is 140 cm³/mol. The SMILES string of the molecule is COC(=O)c1cc(OC)c2c(C(=O)OC(C)(C)C)c(-c3cc4ccc(Br)cc4n3CC3CC3)nn2c1. The fraction of sp³-hybridized carbons (Fsp3) is 0.370. The van der Waals surface area contributed by atoms with Crippen molar-refractivity contribution in [3.8, 4) is 17.1 Å². The Balaban J connectivity index is 1.82. The van der Waals surface area contributed by atoms with Crippen LogP contribution in [0, 0.1) is 5.92 Å². The van der Waals surface area contributed by atoms with Gasteiger partial charge in [0.25, 0.3) is 0 Å². The number of carbonyl (C=O) groups is 2. The molecule has 0 aliphatic heterocycles. The van der Waals surface area contributed by atoms with Crippen LogP contribution in [0.4, 0.5) is 0 Å². The van der Waals surface area contributed by atoms with Gasteiger partial charge in [0.15, 0.2) is 0 Å². The first-order valence-corrected chi connectivity index (χ1v) is 12.6. The second-order valence-corrected chi connectivity index (χ2v) is 11.0. The summed E-state index contributed by atoms with van der Waals surface area (Å²) in [7, 11) is 2.80. The van der Waals surface area contributed by atoms with Crippen LogP contribution in [-0.4, -0.2) is 45.9 Å². The molecule has 188 valence electrons. The summed E-state index contributed by atoms with van der Waals surface area (Å²) in [5.41, 5.74) is 2.59. The minimum Gasteiger partial charge on any atom is -0.494 e. The third-order valence-electron chi connectivity index (χ3n) is 6.18. The van der Waals surface area contributed by atoms with E-state index in [0.717, 1.165) is 27.6 Å². The molecule has 5 rings (SSSR count). The maximum Gasteiger partial charge on any atom is 0.343 e. The first-order valence-electron chi connectivity index (χ1n) is 11.8. The van der Waals surface area contributed by atoms with E-state index in [1.54, 1.807) is 12.3 Å². The lowest BCUT2D eigenvalue weighted by Crippen LogP contribution is -2.24. The first-order chi connectivity index (χ1) is 17.1. The fourth-order valence-corrected chi connectivity index (χ4v) is 4.76. The number of hydrogen-bond acceptors (Lipinski definition) is 6. The molecule has 1 aromatic carbocycles. The molecule has 3 aromatic heterocycles. The van der Waals surface area contributed by atoms with E-state index in [4.69, 9.17) is 19.3 Å². The maximum atomic E-state index is 13.6. The zero-order valence-electron chi connectivity index (χ0n) is 20.9. The molecule has 1 aliphatic rings. The molecule has 3 heterocycles. The third-order valence-corrected chi connectivity index (χ3v) is 6.68. The van der Waals surface area contributed by atoms with Gasteiger partial charge < -0.3 is 18.8 Å². The van der Waals surface area contributed by atoms with Crippen molar-refractivity contribution in [2.75, 3.05) is 14.2 Å². The van der Waals surface area contributed by atoms with Crippen LogP contribution in [0.15, 0.2) is 41.0 Å². The Morgan fingerprint density at radius 2 is 1.86 bits per heavy atom. The lowest BCUT2D eigenvalue weighted by molar-refractivity contribution is 0.00722. The second-order valence-electron chi connectivity index (χ2n) is 10.1. The summed E-state index contributed by atoms with van der Waals surface area (Å²) in [6.07, 6.45) is 3.90. The van der Waals surface area contributed by atoms with Crippen LogP contribution in [-0.2, 0) is 16.0 Å². The molecular formula is C27H28BrN3O5. The van der Waals surface area contributed by atoms with Crippen LogP contribution < -0.4 is 4.74 Å². The zero-order valence-corrected chi connectivity index (χ0v) is 22.5. The highest BCUT2D eigenvalue weighted by Crippen LogP contribution is 2.39. The molecule has 1 fully saturated rings. The summed E-state index contributed by atoms with van der Waals surface area (Å²) < 4.78 is 21.1. The summed E-state index contributed by atoms with van der Waals surface area (Å²) in [6.45, 7) is 6.29. The van der Waals surface area contributed by atoms with E-state index < -0.39 is 17.5 Å². The van der Waals surface area contributed by atoms with Gasteiger partial charge in [0, 0.05) is 28.1 Å². The smallest absolute Gasteiger partial charge is 0.343 e. The molecule has 36 heavy (non-hydrogen) atoms. The van der Waals surface area contributed by atoms with E-state index in [2.05, 4.69) is 26.6 Å². The molecule has 0 spiro atoms. The van der Waals surface area contributed by atoms with Crippen molar-refractivity contribution < 1.29 is 23.8 Å². The van der Waals surface area contributed by atoms with E-state index >= 15 is 0 Å². The van der Waals surface area contributed by atoms with Crippen LogP contribution in [0.1, 0.15) is 54.3 Å². The number of ether oxygens (including phenoxy) is 3. The molecule has 0 bridgehead atoms. The number of esters is 2. The third kappa shape index (κ3) is 4.48. The zero-order chi connectivity index (χ0) is 25.8. The van der Waals surface area contributed by atoms with E-state index in [9.17, 15) is 9.59 Å². The number of hydrogen-bond donors (Lipinski definition) is 0. The first kappa shape index (κ1) is 24.4. The number of carbonyl (C=O) groups excluding carboxylic acids is 2. The van der Waals surface area contributed by atoms with Gasteiger partial charge in [-0.15, -0.1) is 0 Å². The number of rotatable bonds is 6. The van der Waals surface area contributed by atoms with Crippen LogP contribution >= 0.6 is 15.9 Å². The molecular weight excluding hydrogens is 526 g/mol. The molecule has 0 radical (unpaired) electrons. The average Bonchev–Trinajstić information content (AvgIpc) is 3.46. The number of fused-ring (bicyclic) bond motifs is 2. The van der Waals surface area contributed by atoms with Gasteiger partial charge >= 0.3 is 11.9 Å². The molecule has 0 N–H and O–H groups in total. The van der Waals surface area contributed by atoms with Crippen molar-refractivity contribution in [1.29, 1.82) is 0 Å². The molecule has 8 nitrogen and oxygen atoms in total. The Morgan fingerprint density at radius 1 is 1.11 bits per heavy atom. The number of halogens is 1. The molecule has 0 amide bonds. The van der Waals surface area contributed by atoms with Crippen molar-refractivity contribution >= 4 is 44.3 Å². The van der Waals surface area contributed by atoms with Crippen molar-refractivity contribution in [2.45, 2.75) is 45.8 Å². The summed E-state index contributed by atoms with van der Waals surface area (Å²) in [4.78, 5) is 26.0. The number of benzene rings is 1. The van der Waals surface area contributed by atoms with Crippen LogP contribution in [0.3, 0.4) is 0 Å². The summed E-state index contributed by atoms with van der Waals surface area (Å²) in [5, 5.41) is 5.87. The summed E-state index contributed by atoms with van der Waals surface area (Å²) >= 11 is 3.59. The Morgan fingerprint density at radius 3 is 2.50 bits per heavy atom. The molecule has 9 heteroatoms. The Kier molecular flexibility index (Phi) is 6.06. The van der Waals surface area contributed by atoms with Gasteiger partial charge in [0.2, 0.25) is 0 Å². The Bertz CT molecular complexity index is 1510. The second kappa shape index (κ2) is 8.96. The van der Waals surface area contributed by atoms with Crippen LogP contribution in [0.5, 0.6) is 5.75 Å².